The lowest BCUT2D eigenvalue weighted by Gasteiger charge is -2.15. The van der Waals surface area contributed by atoms with E-state index in [1.807, 2.05) is 24.3 Å². The fourth-order valence-corrected chi connectivity index (χ4v) is 2.24. The maximum atomic E-state index is 5.41. The van der Waals surface area contributed by atoms with Crippen molar-refractivity contribution in [2.24, 2.45) is 0 Å². The summed E-state index contributed by atoms with van der Waals surface area (Å²) in [4.78, 5) is 4.10. The van der Waals surface area contributed by atoms with Crippen LogP contribution in [-0.2, 0) is 6.54 Å². The maximum Gasteiger partial charge on any atom is 0.231 e. The first kappa shape index (κ1) is 13.7. The standard InChI is InChI=1S/C16H18N2O3/c1-11(13-3-4-14-15(8-13)21-10-20-14)18-9-12-5-6-17-16(7-12)19-2/h3-8,11,18H,9-10H2,1-2H3. The van der Waals surface area contributed by atoms with Gasteiger partial charge in [0.1, 0.15) is 0 Å². The van der Waals surface area contributed by atoms with E-state index in [9.17, 15) is 0 Å². The number of nitrogens with zero attached hydrogens (tertiary/aromatic N) is 1. The van der Waals surface area contributed by atoms with Gasteiger partial charge in [0.25, 0.3) is 0 Å². The van der Waals surface area contributed by atoms with Crippen molar-refractivity contribution >= 4 is 0 Å². The summed E-state index contributed by atoms with van der Waals surface area (Å²) in [5.74, 6) is 2.25. The number of aromatic nitrogens is 1. The van der Waals surface area contributed by atoms with Gasteiger partial charge in [0.05, 0.1) is 7.11 Å². The van der Waals surface area contributed by atoms with E-state index in [-0.39, 0.29) is 6.04 Å². The number of hydrogen-bond acceptors (Lipinski definition) is 5. The van der Waals surface area contributed by atoms with Crippen molar-refractivity contribution in [1.82, 2.24) is 10.3 Å². The van der Waals surface area contributed by atoms with Gasteiger partial charge in [-0.1, -0.05) is 6.07 Å². The largest absolute Gasteiger partial charge is 0.481 e. The summed E-state index contributed by atoms with van der Waals surface area (Å²) in [6.45, 7) is 3.17. The highest BCUT2D eigenvalue weighted by atomic mass is 16.7. The zero-order valence-corrected chi connectivity index (χ0v) is 12.1. The van der Waals surface area contributed by atoms with Crippen molar-refractivity contribution in [2.75, 3.05) is 13.9 Å². The zero-order chi connectivity index (χ0) is 14.7. The van der Waals surface area contributed by atoms with E-state index in [4.69, 9.17) is 14.2 Å². The second-order valence-electron chi connectivity index (χ2n) is 4.92. The lowest BCUT2D eigenvalue weighted by Crippen LogP contribution is -2.18. The fraction of sp³-hybridized carbons (Fsp3) is 0.312. The molecular formula is C16H18N2O3. The fourth-order valence-electron chi connectivity index (χ4n) is 2.24. The molecule has 0 saturated carbocycles. The highest BCUT2D eigenvalue weighted by Crippen LogP contribution is 2.34. The second-order valence-corrected chi connectivity index (χ2v) is 4.92. The van der Waals surface area contributed by atoms with Gasteiger partial charge in [-0.25, -0.2) is 4.98 Å². The summed E-state index contributed by atoms with van der Waals surface area (Å²) < 4.78 is 15.9. The van der Waals surface area contributed by atoms with Gasteiger partial charge < -0.3 is 19.5 Å². The molecule has 5 heteroatoms. The first-order chi connectivity index (χ1) is 10.3. The third-order valence-electron chi connectivity index (χ3n) is 3.52. The van der Waals surface area contributed by atoms with Gasteiger partial charge in [-0.3, -0.25) is 0 Å². The molecule has 0 radical (unpaired) electrons. The van der Waals surface area contributed by atoms with E-state index >= 15 is 0 Å². The van der Waals surface area contributed by atoms with Crippen LogP contribution in [0.15, 0.2) is 36.5 Å². The lowest BCUT2D eigenvalue weighted by atomic mass is 10.1. The quantitative estimate of drug-likeness (QED) is 0.915. The summed E-state index contributed by atoms with van der Waals surface area (Å²) in [5.41, 5.74) is 2.30. The molecule has 5 nitrogen and oxygen atoms in total. The summed E-state index contributed by atoms with van der Waals surface area (Å²) in [6.07, 6.45) is 1.75. The Hall–Kier alpha value is -2.27. The van der Waals surface area contributed by atoms with Crippen LogP contribution in [-0.4, -0.2) is 18.9 Å². The van der Waals surface area contributed by atoms with E-state index in [1.54, 1.807) is 13.3 Å². The number of methoxy groups -OCH3 is 1. The maximum absolute atomic E-state index is 5.41. The van der Waals surface area contributed by atoms with Crippen LogP contribution < -0.4 is 19.5 Å². The molecule has 0 saturated heterocycles. The molecule has 0 spiro atoms. The van der Waals surface area contributed by atoms with Gasteiger partial charge in [0.15, 0.2) is 11.5 Å². The summed E-state index contributed by atoms with van der Waals surface area (Å²) >= 11 is 0. The molecule has 1 atom stereocenters. The Kier molecular flexibility index (Phi) is 3.92. The molecule has 1 aliphatic rings. The van der Waals surface area contributed by atoms with Crippen molar-refractivity contribution in [3.63, 3.8) is 0 Å². The van der Waals surface area contributed by atoms with Crippen LogP contribution in [0.4, 0.5) is 0 Å². The smallest absolute Gasteiger partial charge is 0.231 e. The minimum Gasteiger partial charge on any atom is -0.481 e. The number of nitrogens with one attached hydrogen (secondary N) is 1. The Morgan fingerprint density at radius 1 is 1.24 bits per heavy atom. The molecule has 2 heterocycles. The van der Waals surface area contributed by atoms with E-state index < -0.39 is 0 Å². The first-order valence-corrected chi connectivity index (χ1v) is 6.88. The molecule has 1 aromatic carbocycles. The first-order valence-electron chi connectivity index (χ1n) is 6.88. The molecule has 21 heavy (non-hydrogen) atoms. The Morgan fingerprint density at radius 2 is 2.10 bits per heavy atom. The van der Waals surface area contributed by atoms with Gasteiger partial charge in [-0.05, 0) is 36.2 Å². The Balaban J connectivity index is 1.64. The van der Waals surface area contributed by atoms with Gasteiger partial charge >= 0.3 is 0 Å². The van der Waals surface area contributed by atoms with E-state index in [0.29, 0.717) is 12.7 Å². The second kappa shape index (κ2) is 6.01. The van der Waals surface area contributed by atoms with Crippen LogP contribution in [0.25, 0.3) is 0 Å². The number of ether oxygens (including phenoxy) is 3. The van der Waals surface area contributed by atoms with E-state index in [2.05, 4.69) is 23.3 Å². The van der Waals surface area contributed by atoms with E-state index in [0.717, 1.165) is 23.6 Å². The average molecular weight is 286 g/mol. The van der Waals surface area contributed by atoms with Crippen molar-refractivity contribution in [3.8, 4) is 17.4 Å². The van der Waals surface area contributed by atoms with Crippen molar-refractivity contribution in [1.29, 1.82) is 0 Å². The molecule has 1 N–H and O–H groups in total. The van der Waals surface area contributed by atoms with Crippen LogP contribution in [0.2, 0.25) is 0 Å². The Labute approximate surface area is 123 Å². The molecular weight excluding hydrogens is 268 g/mol. The predicted molar refractivity (Wildman–Crippen MR) is 78.6 cm³/mol. The van der Waals surface area contributed by atoms with Crippen molar-refractivity contribution in [3.05, 3.63) is 47.7 Å². The minimum atomic E-state index is 0.207. The third-order valence-corrected chi connectivity index (χ3v) is 3.52. The predicted octanol–water partition coefficient (Wildman–Crippen LogP) is 2.67. The molecule has 1 aliphatic heterocycles. The molecule has 2 aromatic rings. The molecule has 0 bridgehead atoms. The van der Waals surface area contributed by atoms with Gasteiger partial charge in [0, 0.05) is 24.8 Å². The summed E-state index contributed by atoms with van der Waals surface area (Å²) in [7, 11) is 1.62. The highest BCUT2D eigenvalue weighted by molar-refractivity contribution is 5.45. The molecule has 1 aromatic heterocycles. The van der Waals surface area contributed by atoms with Gasteiger partial charge in [-0.2, -0.15) is 0 Å². The number of benzene rings is 1. The number of rotatable bonds is 5. The Morgan fingerprint density at radius 3 is 2.95 bits per heavy atom. The lowest BCUT2D eigenvalue weighted by molar-refractivity contribution is 0.174. The monoisotopic (exact) mass is 286 g/mol. The molecule has 0 aliphatic carbocycles. The van der Waals surface area contributed by atoms with E-state index in [1.165, 1.54) is 5.56 Å². The van der Waals surface area contributed by atoms with Crippen LogP contribution in [0.1, 0.15) is 24.1 Å². The normalized spacial score (nSPS) is 14.0. The summed E-state index contributed by atoms with van der Waals surface area (Å²) in [6, 6.07) is 10.1. The molecule has 0 fully saturated rings. The number of hydrogen-bond donors (Lipinski definition) is 1. The summed E-state index contributed by atoms with van der Waals surface area (Å²) in [5, 5.41) is 3.48. The zero-order valence-electron chi connectivity index (χ0n) is 12.1. The molecule has 3 rings (SSSR count). The SMILES string of the molecule is COc1cc(CNC(C)c2ccc3c(c2)OCO3)ccn1. The number of fused-ring (bicyclic) bond motifs is 1. The van der Waals surface area contributed by atoms with Crippen molar-refractivity contribution in [2.45, 2.75) is 19.5 Å². The molecule has 110 valence electrons. The third kappa shape index (κ3) is 3.08. The Bertz CT molecular complexity index is 631. The molecule has 0 amide bonds. The van der Waals surface area contributed by atoms with Crippen LogP contribution in [0, 0.1) is 0 Å². The minimum absolute atomic E-state index is 0.207. The van der Waals surface area contributed by atoms with Crippen LogP contribution in [0.3, 0.4) is 0 Å². The van der Waals surface area contributed by atoms with Gasteiger partial charge in [-0.15, -0.1) is 0 Å². The average Bonchev–Trinajstić information content (AvgIpc) is 3.00. The van der Waals surface area contributed by atoms with Crippen LogP contribution in [0.5, 0.6) is 17.4 Å². The highest BCUT2D eigenvalue weighted by Gasteiger charge is 2.15. The number of pyridine rings is 1. The molecule has 1 unspecified atom stereocenters. The van der Waals surface area contributed by atoms with Crippen molar-refractivity contribution < 1.29 is 14.2 Å². The van der Waals surface area contributed by atoms with Gasteiger partial charge in [0.2, 0.25) is 12.7 Å². The van der Waals surface area contributed by atoms with Crippen LogP contribution >= 0.6 is 0 Å². The topological polar surface area (TPSA) is 52.6 Å².